The highest BCUT2D eigenvalue weighted by molar-refractivity contribution is 7.18. The number of para-hydroxylation sites is 3. The molecule has 0 aliphatic heterocycles. The third-order valence-electron chi connectivity index (χ3n) is 3.89. The molecule has 0 aliphatic carbocycles. The van der Waals surface area contributed by atoms with Gasteiger partial charge in [-0.3, -0.25) is 4.79 Å². The number of hydrogen-bond acceptors (Lipinski definition) is 5. The van der Waals surface area contributed by atoms with Crippen molar-refractivity contribution in [3.05, 3.63) is 59.4 Å². The highest BCUT2D eigenvalue weighted by atomic mass is 32.1. The molecular formula is C18H12F3N3O2S. The summed E-state index contributed by atoms with van der Waals surface area (Å²) in [7, 11) is 0. The number of rotatable bonds is 4. The predicted molar refractivity (Wildman–Crippen MR) is 94.2 cm³/mol. The van der Waals surface area contributed by atoms with Crippen molar-refractivity contribution in [3.63, 3.8) is 0 Å². The first-order chi connectivity index (χ1) is 12.9. The van der Waals surface area contributed by atoms with E-state index in [-0.39, 0.29) is 17.6 Å². The Kier molecular flexibility index (Phi) is 4.31. The van der Waals surface area contributed by atoms with Gasteiger partial charge in [-0.25, -0.2) is 9.97 Å². The van der Waals surface area contributed by atoms with E-state index in [2.05, 4.69) is 9.97 Å². The summed E-state index contributed by atoms with van der Waals surface area (Å²) in [6.45, 7) is -0.674. The number of alkyl halides is 3. The SMILES string of the molecule is O=C(Cn1c(C(F)(F)F)nc2ccccc21)OCc1nc2ccccc2s1. The number of fused-ring (bicyclic) bond motifs is 2. The molecule has 0 fully saturated rings. The normalized spacial score (nSPS) is 12.0. The van der Waals surface area contributed by atoms with Crippen LogP contribution in [0.2, 0.25) is 0 Å². The Morgan fingerprint density at radius 1 is 1.04 bits per heavy atom. The van der Waals surface area contributed by atoms with Gasteiger partial charge in [0.1, 0.15) is 18.2 Å². The largest absolute Gasteiger partial charge is 0.457 e. The quantitative estimate of drug-likeness (QED) is 0.484. The second-order valence-electron chi connectivity index (χ2n) is 5.74. The van der Waals surface area contributed by atoms with Crippen LogP contribution in [0.25, 0.3) is 21.3 Å². The van der Waals surface area contributed by atoms with Gasteiger partial charge in [-0.15, -0.1) is 11.3 Å². The molecule has 9 heteroatoms. The maximum Gasteiger partial charge on any atom is 0.449 e. The van der Waals surface area contributed by atoms with Gasteiger partial charge in [-0.05, 0) is 24.3 Å². The molecule has 0 saturated carbocycles. The van der Waals surface area contributed by atoms with Crippen LogP contribution in [0.15, 0.2) is 48.5 Å². The van der Waals surface area contributed by atoms with Crippen LogP contribution < -0.4 is 0 Å². The van der Waals surface area contributed by atoms with E-state index < -0.39 is 24.5 Å². The fourth-order valence-corrected chi connectivity index (χ4v) is 3.63. The van der Waals surface area contributed by atoms with Gasteiger partial charge in [-0.2, -0.15) is 13.2 Å². The summed E-state index contributed by atoms with van der Waals surface area (Å²) in [5.74, 6) is -1.91. The Labute approximate surface area is 155 Å². The molecule has 0 spiro atoms. The Morgan fingerprint density at radius 3 is 2.48 bits per heavy atom. The first kappa shape index (κ1) is 17.5. The van der Waals surface area contributed by atoms with Crippen LogP contribution in [0.4, 0.5) is 13.2 Å². The maximum atomic E-state index is 13.3. The van der Waals surface area contributed by atoms with E-state index in [9.17, 15) is 18.0 Å². The third-order valence-corrected chi connectivity index (χ3v) is 4.90. The number of carbonyl (C=O) groups excluding carboxylic acids is 1. The molecule has 2 heterocycles. The van der Waals surface area contributed by atoms with Crippen LogP contribution >= 0.6 is 11.3 Å². The first-order valence-electron chi connectivity index (χ1n) is 7.94. The van der Waals surface area contributed by atoms with E-state index >= 15 is 0 Å². The standard InChI is InChI=1S/C18H12F3N3O2S/c19-18(20,21)17-23-11-5-1-3-7-13(11)24(17)9-16(25)26-10-15-22-12-6-2-4-8-14(12)27-15/h1-8H,9-10H2. The molecule has 2 aromatic heterocycles. The topological polar surface area (TPSA) is 57.0 Å². The summed E-state index contributed by atoms with van der Waals surface area (Å²) in [5, 5.41) is 0.580. The number of carbonyl (C=O) groups is 1. The van der Waals surface area contributed by atoms with Crippen LogP contribution in [0.3, 0.4) is 0 Å². The summed E-state index contributed by atoms with van der Waals surface area (Å²) in [6.07, 6.45) is -4.67. The van der Waals surface area contributed by atoms with Gasteiger partial charge in [0.2, 0.25) is 5.82 Å². The smallest absolute Gasteiger partial charge is 0.449 e. The minimum absolute atomic E-state index is 0.0911. The number of nitrogens with zero attached hydrogens (tertiary/aromatic N) is 3. The molecule has 0 radical (unpaired) electrons. The van der Waals surface area contributed by atoms with Gasteiger partial charge in [-0.1, -0.05) is 24.3 Å². The maximum absolute atomic E-state index is 13.3. The minimum Gasteiger partial charge on any atom is -0.457 e. The fourth-order valence-electron chi connectivity index (χ4n) is 2.75. The minimum atomic E-state index is -4.67. The number of esters is 1. The second-order valence-corrected chi connectivity index (χ2v) is 6.86. The van der Waals surface area contributed by atoms with Crippen molar-refractivity contribution in [2.75, 3.05) is 0 Å². The second kappa shape index (κ2) is 6.66. The monoisotopic (exact) mass is 391 g/mol. The highest BCUT2D eigenvalue weighted by Crippen LogP contribution is 2.31. The summed E-state index contributed by atoms with van der Waals surface area (Å²) >= 11 is 1.37. The molecule has 138 valence electrons. The van der Waals surface area contributed by atoms with Crippen LogP contribution in [0.5, 0.6) is 0 Å². The van der Waals surface area contributed by atoms with Crippen LogP contribution in [0, 0.1) is 0 Å². The van der Waals surface area contributed by atoms with E-state index in [0.29, 0.717) is 5.01 Å². The number of ether oxygens (including phenoxy) is 1. The van der Waals surface area contributed by atoms with Crippen molar-refractivity contribution in [1.82, 2.24) is 14.5 Å². The average molecular weight is 391 g/mol. The predicted octanol–water partition coefficient (Wildman–Crippen LogP) is 4.41. The summed E-state index contributed by atoms with van der Waals surface area (Å²) in [5.41, 5.74) is 1.18. The summed E-state index contributed by atoms with van der Waals surface area (Å²) in [4.78, 5) is 20.1. The molecule has 0 amide bonds. The molecule has 5 nitrogen and oxygen atoms in total. The number of imidazole rings is 1. The zero-order valence-corrected chi connectivity index (χ0v) is 14.5. The van der Waals surface area contributed by atoms with E-state index in [4.69, 9.17) is 4.74 Å². The average Bonchev–Trinajstić information content (AvgIpc) is 3.21. The number of halogens is 3. The zero-order valence-electron chi connectivity index (χ0n) is 13.7. The van der Waals surface area contributed by atoms with Gasteiger partial charge in [0.25, 0.3) is 0 Å². The van der Waals surface area contributed by atoms with Gasteiger partial charge >= 0.3 is 12.1 Å². The van der Waals surface area contributed by atoms with E-state index in [0.717, 1.165) is 14.8 Å². The molecular weight excluding hydrogens is 379 g/mol. The lowest BCUT2D eigenvalue weighted by Gasteiger charge is -2.10. The molecule has 0 aliphatic rings. The van der Waals surface area contributed by atoms with Gasteiger partial charge < -0.3 is 9.30 Å². The zero-order chi connectivity index (χ0) is 19.0. The molecule has 4 aromatic rings. The molecule has 0 N–H and O–H groups in total. The fraction of sp³-hybridized carbons (Fsp3) is 0.167. The molecule has 0 bridgehead atoms. The Morgan fingerprint density at radius 2 is 1.74 bits per heavy atom. The third kappa shape index (κ3) is 3.50. The Balaban J connectivity index is 1.54. The van der Waals surface area contributed by atoms with E-state index in [1.165, 1.54) is 23.5 Å². The summed E-state index contributed by atoms with van der Waals surface area (Å²) in [6, 6.07) is 13.6. The number of thiazole rings is 1. The van der Waals surface area contributed by atoms with Crippen molar-refractivity contribution in [2.24, 2.45) is 0 Å². The van der Waals surface area contributed by atoms with Crippen LogP contribution in [0.1, 0.15) is 10.8 Å². The molecule has 4 rings (SSSR count). The van der Waals surface area contributed by atoms with E-state index in [1.807, 2.05) is 24.3 Å². The van der Waals surface area contributed by atoms with Crippen molar-refractivity contribution in [1.29, 1.82) is 0 Å². The van der Waals surface area contributed by atoms with Crippen LogP contribution in [-0.4, -0.2) is 20.5 Å². The van der Waals surface area contributed by atoms with E-state index in [1.54, 1.807) is 12.1 Å². The van der Waals surface area contributed by atoms with Gasteiger partial charge in [0.05, 0.1) is 21.3 Å². The highest BCUT2D eigenvalue weighted by Gasteiger charge is 2.38. The van der Waals surface area contributed by atoms with Crippen molar-refractivity contribution in [2.45, 2.75) is 19.3 Å². The Bertz CT molecular complexity index is 1100. The molecule has 0 atom stereocenters. The lowest BCUT2D eigenvalue weighted by atomic mass is 10.3. The molecule has 27 heavy (non-hydrogen) atoms. The number of benzene rings is 2. The summed E-state index contributed by atoms with van der Waals surface area (Å²) < 4.78 is 46.7. The molecule has 0 saturated heterocycles. The van der Waals surface area contributed by atoms with Crippen LogP contribution in [-0.2, 0) is 28.9 Å². The number of hydrogen-bond donors (Lipinski definition) is 0. The van der Waals surface area contributed by atoms with Gasteiger partial charge in [0, 0.05) is 0 Å². The molecule has 0 unspecified atom stereocenters. The lowest BCUT2D eigenvalue weighted by molar-refractivity contribution is -0.151. The Hall–Kier alpha value is -2.94. The first-order valence-corrected chi connectivity index (χ1v) is 8.76. The molecule has 2 aromatic carbocycles. The van der Waals surface area contributed by atoms with Gasteiger partial charge in [0.15, 0.2) is 0 Å². The lowest BCUT2D eigenvalue weighted by Crippen LogP contribution is -2.20. The van der Waals surface area contributed by atoms with Crippen molar-refractivity contribution < 1.29 is 22.7 Å². The number of aromatic nitrogens is 3. The van der Waals surface area contributed by atoms with Crippen molar-refractivity contribution in [3.8, 4) is 0 Å². The van der Waals surface area contributed by atoms with Crippen molar-refractivity contribution >= 4 is 38.6 Å².